The van der Waals surface area contributed by atoms with Crippen molar-refractivity contribution in [1.82, 2.24) is 15.1 Å². The van der Waals surface area contributed by atoms with Crippen LogP contribution < -0.4 is 10.7 Å². The van der Waals surface area contributed by atoms with Crippen molar-refractivity contribution >= 4 is 17.5 Å². The standard InChI is InChI=1S/C22H22ClN3O2/c1-15(12-13-17-8-4-3-5-9-17)24-22(28)21-20(27)14-16(2)26(25-21)19-11-7-6-10-18(19)23/h3-11,14-15H,12-13H2,1-2H3,(H,24,28). The molecule has 5 nitrogen and oxygen atoms in total. The highest BCUT2D eigenvalue weighted by atomic mass is 35.5. The first-order chi connectivity index (χ1) is 13.5. The molecule has 0 fully saturated rings. The quantitative estimate of drug-likeness (QED) is 0.687. The third kappa shape index (κ3) is 4.67. The van der Waals surface area contributed by atoms with Gasteiger partial charge < -0.3 is 5.32 Å². The van der Waals surface area contributed by atoms with E-state index in [1.807, 2.05) is 37.3 Å². The second-order valence-electron chi connectivity index (χ2n) is 6.76. The van der Waals surface area contributed by atoms with Crippen molar-refractivity contribution in [3.8, 4) is 5.69 Å². The number of nitrogens with zero attached hydrogens (tertiary/aromatic N) is 2. The highest BCUT2D eigenvalue weighted by Gasteiger charge is 2.18. The Morgan fingerprint density at radius 2 is 1.82 bits per heavy atom. The van der Waals surface area contributed by atoms with Gasteiger partial charge in [-0.3, -0.25) is 9.59 Å². The van der Waals surface area contributed by atoms with Crippen LogP contribution in [0.25, 0.3) is 5.69 Å². The van der Waals surface area contributed by atoms with Gasteiger partial charge in [-0.05, 0) is 44.4 Å². The van der Waals surface area contributed by atoms with Gasteiger partial charge in [-0.2, -0.15) is 5.10 Å². The SMILES string of the molecule is Cc1cc(=O)c(C(=O)NC(C)CCc2ccccc2)nn1-c1ccccc1Cl. The average Bonchev–Trinajstić information content (AvgIpc) is 2.68. The Morgan fingerprint density at radius 1 is 1.14 bits per heavy atom. The summed E-state index contributed by atoms with van der Waals surface area (Å²) in [5, 5.41) is 7.64. The van der Waals surface area contributed by atoms with E-state index in [0.717, 1.165) is 12.8 Å². The van der Waals surface area contributed by atoms with Crippen LogP contribution in [0, 0.1) is 6.92 Å². The number of carbonyl (C=O) groups is 1. The Morgan fingerprint density at radius 3 is 2.54 bits per heavy atom. The largest absolute Gasteiger partial charge is 0.348 e. The number of benzene rings is 2. The van der Waals surface area contributed by atoms with E-state index < -0.39 is 11.3 Å². The maximum Gasteiger partial charge on any atom is 0.276 e. The molecule has 6 heteroatoms. The number of amides is 1. The monoisotopic (exact) mass is 395 g/mol. The van der Waals surface area contributed by atoms with E-state index >= 15 is 0 Å². The van der Waals surface area contributed by atoms with Gasteiger partial charge in [0.25, 0.3) is 5.91 Å². The Balaban J connectivity index is 1.77. The van der Waals surface area contributed by atoms with Crippen molar-refractivity contribution in [2.45, 2.75) is 32.7 Å². The second kappa shape index (κ2) is 8.85. The van der Waals surface area contributed by atoms with Gasteiger partial charge >= 0.3 is 0 Å². The van der Waals surface area contributed by atoms with Crippen LogP contribution >= 0.6 is 11.6 Å². The summed E-state index contributed by atoms with van der Waals surface area (Å²) < 4.78 is 1.52. The van der Waals surface area contributed by atoms with Crippen molar-refractivity contribution in [3.63, 3.8) is 0 Å². The molecule has 0 aliphatic carbocycles. The Bertz CT molecular complexity index is 1030. The van der Waals surface area contributed by atoms with Gasteiger partial charge in [0.1, 0.15) is 0 Å². The van der Waals surface area contributed by atoms with E-state index in [-0.39, 0.29) is 11.7 Å². The molecular weight excluding hydrogens is 374 g/mol. The summed E-state index contributed by atoms with van der Waals surface area (Å²) in [6.07, 6.45) is 1.60. The number of carbonyl (C=O) groups excluding carboxylic acids is 1. The van der Waals surface area contributed by atoms with Gasteiger partial charge in [-0.1, -0.05) is 54.1 Å². The maximum absolute atomic E-state index is 12.6. The third-order valence-electron chi connectivity index (χ3n) is 4.49. The minimum absolute atomic E-state index is 0.0935. The lowest BCUT2D eigenvalue weighted by molar-refractivity contribution is 0.0930. The van der Waals surface area contributed by atoms with E-state index in [9.17, 15) is 9.59 Å². The van der Waals surface area contributed by atoms with Gasteiger partial charge in [-0.15, -0.1) is 0 Å². The molecule has 0 radical (unpaired) electrons. The zero-order valence-corrected chi connectivity index (χ0v) is 16.6. The molecule has 0 saturated carbocycles. The third-order valence-corrected chi connectivity index (χ3v) is 4.81. The Kier molecular flexibility index (Phi) is 6.26. The fraction of sp³-hybridized carbons (Fsp3) is 0.227. The number of aryl methyl sites for hydroxylation is 2. The highest BCUT2D eigenvalue weighted by molar-refractivity contribution is 6.32. The van der Waals surface area contributed by atoms with Gasteiger partial charge in [0.05, 0.1) is 10.7 Å². The summed E-state index contributed by atoms with van der Waals surface area (Å²) in [5.41, 5.74) is 1.88. The van der Waals surface area contributed by atoms with Crippen molar-refractivity contribution in [2.75, 3.05) is 0 Å². The molecule has 1 N–H and O–H groups in total. The van der Waals surface area contributed by atoms with E-state index in [2.05, 4.69) is 22.5 Å². The zero-order valence-electron chi connectivity index (χ0n) is 15.9. The second-order valence-corrected chi connectivity index (χ2v) is 7.17. The summed E-state index contributed by atoms with van der Waals surface area (Å²) in [4.78, 5) is 25.0. The predicted octanol–water partition coefficient (Wildman–Crippen LogP) is 3.95. The molecule has 0 spiro atoms. The lowest BCUT2D eigenvalue weighted by Crippen LogP contribution is -2.37. The molecule has 28 heavy (non-hydrogen) atoms. The van der Waals surface area contributed by atoms with Crippen LogP contribution in [-0.4, -0.2) is 21.7 Å². The first-order valence-corrected chi connectivity index (χ1v) is 9.54. The van der Waals surface area contributed by atoms with Crippen LogP contribution in [0.3, 0.4) is 0 Å². The van der Waals surface area contributed by atoms with E-state index in [4.69, 9.17) is 11.6 Å². The summed E-state index contributed by atoms with van der Waals surface area (Å²) in [6, 6.07) is 18.5. The Hall–Kier alpha value is -2.92. The normalized spacial score (nSPS) is 11.8. The van der Waals surface area contributed by atoms with Crippen LogP contribution in [0.1, 0.15) is 35.1 Å². The molecule has 1 unspecified atom stereocenters. The fourth-order valence-corrected chi connectivity index (χ4v) is 3.18. The molecule has 1 amide bonds. The summed E-state index contributed by atoms with van der Waals surface area (Å²) in [5.74, 6) is -0.480. The number of para-hydroxylation sites is 1. The molecule has 0 bridgehead atoms. The topological polar surface area (TPSA) is 64.0 Å². The van der Waals surface area contributed by atoms with Crippen molar-refractivity contribution in [2.24, 2.45) is 0 Å². The van der Waals surface area contributed by atoms with Crippen LogP contribution in [0.5, 0.6) is 0 Å². The number of aromatic nitrogens is 2. The molecule has 2 aromatic carbocycles. The van der Waals surface area contributed by atoms with Gasteiger partial charge in [0.2, 0.25) is 5.43 Å². The predicted molar refractivity (Wildman–Crippen MR) is 111 cm³/mol. The molecule has 1 heterocycles. The van der Waals surface area contributed by atoms with Crippen molar-refractivity contribution < 1.29 is 4.79 Å². The number of nitrogens with one attached hydrogen (secondary N) is 1. The lowest BCUT2D eigenvalue weighted by atomic mass is 10.1. The molecule has 0 saturated heterocycles. The number of hydrogen-bond donors (Lipinski definition) is 1. The highest BCUT2D eigenvalue weighted by Crippen LogP contribution is 2.19. The summed E-state index contributed by atoms with van der Waals surface area (Å²) >= 11 is 6.25. The maximum atomic E-state index is 12.6. The van der Waals surface area contributed by atoms with E-state index in [1.54, 1.807) is 19.1 Å². The minimum Gasteiger partial charge on any atom is -0.348 e. The molecule has 3 aromatic rings. The minimum atomic E-state index is -0.480. The van der Waals surface area contributed by atoms with Gasteiger partial charge in [0.15, 0.2) is 5.69 Å². The van der Waals surface area contributed by atoms with Crippen molar-refractivity contribution in [3.05, 3.63) is 92.9 Å². The summed E-state index contributed by atoms with van der Waals surface area (Å²) in [6.45, 7) is 3.67. The first kappa shape index (κ1) is 19.8. The van der Waals surface area contributed by atoms with Gasteiger partial charge in [0, 0.05) is 17.8 Å². The molecule has 144 valence electrons. The van der Waals surface area contributed by atoms with Crippen LogP contribution in [0.2, 0.25) is 5.02 Å². The lowest BCUT2D eigenvalue weighted by Gasteiger charge is -2.15. The number of rotatable bonds is 6. The van der Waals surface area contributed by atoms with E-state index in [1.165, 1.54) is 16.3 Å². The molecule has 1 atom stereocenters. The summed E-state index contributed by atoms with van der Waals surface area (Å²) in [7, 11) is 0. The zero-order chi connectivity index (χ0) is 20.1. The Labute approximate surface area is 169 Å². The molecule has 0 aliphatic rings. The number of hydrogen-bond acceptors (Lipinski definition) is 3. The molecule has 3 rings (SSSR count). The fourth-order valence-electron chi connectivity index (χ4n) is 2.96. The van der Waals surface area contributed by atoms with Crippen LogP contribution in [0.4, 0.5) is 0 Å². The van der Waals surface area contributed by atoms with Crippen LogP contribution in [0.15, 0.2) is 65.5 Å². The average molecular weight is 396 g/mol. The molecule has 0 aliphatic heterocycles. The number of halogens is 1. The van der Waals surface area contributed by atoms with Crippen molar-refractivity contribution in [1.29, 1.82) is 0 Å². The van der Waals surface area contributed by atoms with Crippen LogP contribution in [-0.2, 0) is 6.42 Å². The van der Waals surface area contributed by atoms with Gasteiger partial charge in [-0.25, -0.2) is 4.68 Å². The molecular formula is C22H22ClN3O2. The van der Waals surface area contributed by atoms with E-state index in [0.29, 0.717) is 16.4 Å². The molecule has 1 aromatic heterocycles. The first-order valence-electron chi connectivity index (χ1n) is 9.16. The smallest absolute Gasteiger partial charge is 0.276 e.